The van der Waals surface area contributed by atoms with Gasteiger partial charge in [-0.25, -0.2) is 0 Å². The highest BCUT2D eigenvalue weighted by Crippen LogP contribution is 2.14. The van der Waals surface area contributed by atoms with Gasteiger partial charge in [0.05, 0.1) is 11.7 Å². The topological polar surface area (TPSA) is 34.0 Å². The number of likely N-dealkylation sites (N-methyl/N-ethyl adjacent to an activating group) is 1. The van der Waals surface area contributed by atoms with E-state index >= 15 is 0 Å². The lowest BCUT2D eigenvalue weighted by Crippen LogP contribution is -2.22. The molecule has 0 bridgehead atoms. The van der Waals surface area contributed by atoms with Crippen LogP contribution in [0.4, 0.5) is 0 Å². The molecule has 0 aliphatic rings. The minimum atomic E-state index is 0.0495. The SMILES string of the molecule is CN(CCc1ccncc1)Cc1cnn(C(C)(C)C)c1. The molecule has 2 rings (SSSR count). The van der Waals surface area contributed by atoms with Gasteiger partial charge in [-0.05, 0) is 51.9 Å². The van der Waals surface area contributed by atoms with Crippen molar-refractivity contribution in [3.8, 4) is 0 Å². The summed E-state index contributed by atoms with van der Waals surface area (Å²) in [7, 11) is 2.15. The fourth-order valence-electron chi connectivity index (χ4n) is 2.07. The summed E-state index contributed by atoms with van der Waals surface area (Å²) in [6.45, 7) is 8.46. The van der Waals surface area contributed by atoms with Crippen LogP contribution in [0, 0.1) is 0 Å². The molecule has 0 atom stereocenters. The molecule has 2 aromatic heterocycles. The molecule has 2 aromatic rings. The maximum atomic E-state index is 4.44. The van der Waals surface area contributed by atoms with E-state index in [9.17, 15) is 0 Å². The molecule has 0 saturated carbocycles. The fourth-order valence-corrected chi connectivity index (χ4v) is 2.07. The Balaban J connectivity index is 1.85. The second kappa shape index (κ2) is 6.18. The van der Waals surface area contributed by atoms with Crippen LogP contribution in [0.3, 0.4) is 0 Å². The van der Waals surface area contributed by atoms with Crippen LogP contribution < -0.4 is 0 Å². The Hall–Kier alpha value is -1.68. The molecule has 0 aliphatic carbocycles. The van der Waals surface area contributed by atoms with Crippen molar-refractivity contribution < 1.29 is 0 Å². The van der Waals surface area contributed by atoms with Crippen molar-refractivity contribution in [1.29, 1.82) is 0 Å². The number of aromatic nitrogens is 3. The van der Waals surface area contributed by atoms with Crippen LogP contribution in [0.15, 0.2) is 36.9 Å². The molecule has 0 saturated heterocycles. The smallest absolute Gasteiger partial charge is 0.0543 e. The number of hydrogen-bond acceptors (Lipinski definition) is 3. The number of rotatable bonds is 5. The first kappa shape index (κ1) is 14.7. The molecule has 0 N–H and O–H groups in total. The van der Waals surface area contributed by atoms with Gasteiger partial charge in [-0.2, -0.15) is 5.10 Å². The van der Waals surface area contributed by atoms with Crippen LogP contribution in [0.5, 0.6) is 0 Å². The highest BCUT2D eigenvalue weighted by Gasteiger charge is 2.14. The highest BCUT2D eigenvalue weighted by atomic mass is 15.3. The van der Waals surface area contributed by atoms with Crippen molar-refractivity contribution in [1.82, 2.24) is 19.7 Å². The molecule has 0 aliphatic heterocycles. The van der Waals surface area contributed by atoms with Crippen LogP contribution in [0.25, 0.3) is 0 Å². The van der Waals surface area contributed by atoms with Gasteiger partial charge in [-0.15, -0.1) is 0 Å². The lowest BCUT2D eigenvalue weighted by atomic mass is 10.1. The van der Waals surface area contributed by atoms with E-state index < -0.39 is 0 Å². The minimum Gasteiger partial charge on any atom is -0.302 e. The Labute approximate surface area is 121 Å². The van der Waals surface area contributed by atoms with Gasteiger partial charge in [-0.1, -0.05) is 0 Å². The number of pyridine rings is 1. The third kappa shape index (κ3) is 4.17. The Bertz CT molecular complexity index is 525. The first-order valence-electron chi connectivity index (χ1n) is 7.06. The highest BCUT2D eigenvalue weighted by molar-refractivity contribution is 5.10. The molecule has 2 heterocycles. The molecule has 0 radical (unpaired) electrons. The van der Waals surface area contributed by atoms with Crippen molar-refractivity contribution in [3.63, 3.8) is 0 Å². The predicted molar refractivity (Wildman–Crippen MR) is 81.5 cm³/mol. The van der Waals surface area contributed by atoms with E-state index in [-0.39, 0.29) is 5.54 Å². The molecular weight excluding hydrogens is 248 g/mol. The molecular formula is C16H24N4. The Morgan fingerprint density at radius 1 is 1.15 bits per heavy atom. The molecule has 108 valence electrons. The maximum absolute atomic E-state index is 4.44. The average molecular weight is 272 g/mol. The van der Waals surface area contributed by atoms with Crippen LogP contribution in [-0.4, -0.2) is 33.3 Å². The number of hydrogen-bond donors (Lipinski definition) is 0. The largest absolute Gasteiger partial charge is 0.302 e. The van der Waals surface area contributed by atoms with E-state index in [2.05, 4.69) is 61.1 Å². The van der Waals surface area contributed by atoms with Gasteiger partial charge in [0.2, 0.25) is 0 Å². The number of nitrogens with zero attached hydrogens (tertiary/aromatic N) is 4. The molecule has 20 heavy (non-hydrogen) atoms. The molecule has 0 amide bonds. The minimum absolute atomic E-state index is 0.0495. The fraction of sp³-hybridized carbons (Fsp3) is 0.500. The second-order valence-corrected chi connectivity index (χ2v) is 6.31. The van der Waals surface area contributed by atoms with Gasteiger partial charge in [0, 0.05) is 37.2 Å². The zero-order valence-corrected chi connectivity index (χ0v) is 12.9. The summed E-state index contributed by atoms with van der Waals surface area (Å²) in [5.74, 6) is 0. The first-order chi connectivity index (χ1) is 9.45. The van der Waals surface area contributed by atoms with Gasteiger partial charge < -0.3 is 4.90 Å². The van der Waals surface area contributed by atoms with Crippen molar-refractivity contribution in [3.05, 3.63) is 48.0 Å². The van der Waals surface area contributed by atoms with Crippen LogP contribution in [0.1, 0.15) is 31.9 Å². The van der Waals surface area contributed by atoms with Crippen molar-refractivity contribution in [2.45, 2.75) is 39.3 Å². The second-order valence-electron chi connectivity index (χ2n) is 6.31. The summed E-state index contributed by atoms with van der Waals surface area (Å²) in [4.78, 5) is 6.37. The first-order valence-corrected chi connectivity index (χ1v) is 7.06. The molecule has 0 fully saturated rings. The van der Waals surface area contributed by atoms with E-state index in [4.69, 9.17) is 0 Å². The zero-order valence-electron chi connectivity index (χ0n) is 12.9. The van der Waals surface area contributed by atoms with E-state index in [0.29, 0.717) is 0 Å². The van der Waals surface area contributed by atoms with E-state index in [1.807, 2.05) is 23.3 Å². The van der Waals surface area contributed by atoms with Gasteiger partial charge in [0.1, 0.15) is 0 Å². The summed E-state index contributed by atoms with van der Waals surface area (Å²) in [6, 6.07) is 4.15. The third-order valence-corrected chi connectivity index (χ3v) is 3.31. The molecule has 4 nitrogen and oxygen atoms in total. The standard InChI is InChI=1S/C16H24N4/c1-16(2,3)20-13-15(11-18-20)12-19(4)10-7-14-5-8-17-9-6-14/h5-6,8-9,11,13H,7,10,12H2,1-4H3. The van der Waals surface area contributed by atoms with Gasteiger partial charge in [0.15, 0.2) is 0 Å². The van der Waals surface area contributed by atoms with Gasteiger partial charge in [0.25, 0.3) is 0 Å². The van der Waals surface area contributed by atoms with E-state index in [0.717, 1.165) is 19.5 Å². The molecule has 4 heteroatoms. The molecule has 0 unspecified atom stereocenters. The van der Waals surface area contributed by atoms with Gasteiger partial charge in [-0.3, -0.25) is 9.67 Å². The zero-order chi connectivity index (χ0) is 14.6. The lowest BCUT2D eigenvalue weighted by Gasteiger charge is -2.19. The third-order valence-electron chi connectivity index (χ3n) is 3.31. The van der Waals surface area contributed by atoms with Crippen molar-refractivity contribution in [2.75, 3.05) is 13.6 Å². The Morgan fingerprint density at radius 2 is 1.85 bits per heavy atom. The lowest BCUT2D eigenvalue weighted by molar-refractivity contribution is 0.328. The van der Waals surface area contributed by atoms with Crippen LogP contribution in [-0.2, 0) is 18.5 Å². The summed E-state index contributed by atoms with van der Waals surface area (Å²) in [5, 5.41) is 4.44. The summed E-state index contributed by atoms with van der Waals surface area (Å²) in [5.41, 5.74) is 2.64. The summed E-state index contributed by atoms with van der Waals surface area (Å²) >= 11 is 0. The van der Waals surface area contributed by atoms with Crippen molar-refractivity contribution in [2.24, 2.45) is 0 Å². The Kier molecular flexibility index (Phi) is 4.55. The quantitative estimate of drug-likeness (QED) is 0.839. The Morgan fingerprint density at radius 3 is 2.45 bits per heavy atom. The van der Waals surface area contributed by atoms with Crippen LogP contribution >= 0.6 is 0 Å². The average Bonchev–Trinajstić information content (AvgIpc) is 2.86. The molecule has 0 spiro atoms. The van der Waals surface area contributed by atoms with Crippen LogP contribution in [0.2, 0.25) is 0 Å². The summed E-state index contributed by atoms with van der Waals surface area (Å²) < 4.78 is 2.03. The molecule has 0 aromatic carbocycles. The van der Waals surface area contributed by atoms with Crippen molar-refractivity contribution >= 4 is 0 Å². The van der Waals surface area contributed by atoms with Gasteiger partial charge >= 0.3 is 0 Å². The van der Waals surface area contributed by atoms with E-state index in [1.54, 1.807) is 0 Å². The maximum Gasteiger partial charge on any atom is 0.0543 e. The summed E-state index contributed by atoms with van der Waals surface area (Å²) in [6.07, 6.45) is 8.86. The normalized spacial score (nSPS) is 12.1. The monoisotopic (exact) mass is 272 g/mol. The predicted octanol–water partition coefficient (Wildman–Crippen LogP) is 2.71. The van der Waals surface area contributed by atoms with E-state index in [1.165, 1.54) is 11.1 Å².